The SMILES string of the molecule is CCOP(=O)(C[C@@H](CC)c1ccccc1)OCC. The van der Waals surface area contributed by atoms with Crippen LogP contribution in [0.3, 0.4) is 0 Å². The van der Waals surface area contributed by atoms with Crippen molar-refractivity contribution < 1.29 is 13.6 Å². The Morgan fingerprint density at radius 1 is 1.06 bits per heavy atom. The van der Waals surface area contributed by atoms with E-state index in [1.807, 2.05) is 32.0 Å². The maximum Gasteiger partial charge on any atom is 0.331 e. The average Bonchev–Trinajstić information content (AvgIpc) is 2.38. The Labute approximate surface area is 110 Å². The van der Waals surface area contributed by atoms with Gasteiger partial charge in [-0.25, -0.2) is 0 Å². The molecule has 18 heavy (non-hydrogen) atoms. The molecular formula is C14H23O3P. The quantitative estimate of drug-likeness (QED) is 0.655. The Hall–Kier alpha value is -0.630. The molecule has 0 N–H and O–H groups in total. The zero-order chi connectivity index (χ0) is 13.4. The van der Waals surface area contributed by atoms with Crippen molar-refractivity contribution >= 4 is 7.60 Å². The standard InChI is InChI=1S/C14H23O3P/c1-4-13(14-10-8-7-9-11-14)12-18(15,16-5-2)17-6-3/h7-11,13H,4-6,12H2,1-3H3/t13-/m1/s1. The van der Waals surface area contributed by atoms with E-state index >= 15 is 0 Å². The molecule has 0 aliphatic carbocycles. The van der Waals surface area contributed by atoms with Gasteiger partial charge < -0.3 is 9.05 Å². The second kappa shape index (κ2) is 7.73. The summed E-state index contributed by atoms with van der Waals surface area (Å²) in [5.74, 6) is 0.218. The average molecular weight is 270 g/mol. The molecule has 1 rings (SSSR count). The molecule has 0 aliphatic heterocycles. The van der Waals surface area contributed by atoms with Gasteiger partial charge in [0.05, 0.1) is 19.4 Å². The largest absolute Gasteiger partial charge is 0.331 e. The van der Waals surface area contributed by atoms with Crippen LogP contribution >= 0.6 is 7.60 Å². The van der Waals surface area contributed by atoms with E-state index < -0.39 is 7.60 Å². The summed E-state index contributed by atoms with van der Waals surface area (Å²) >= 11 is 0. The van der Waals surface area contributed by atoms with Gasteiger partial charge in [0.15, 0.2) is 0 Å². The van der Waals surface area contributed by atoms with Crippen molar-refractivity contribution in [2.75, 3.05) is 19.4 Å². The van der Waals surface area contributed by atoms with Gasteiger partial charge in [0, 0.05) is 0 Å². The van der Waals surface area contributed by atoms with Crippen molar-refractivity contribution in [3.8, 4) is 0 Å². The highest BCUT2D eigenvalue weighted by Crippen LogP contribution is 2.51. The highest BCUT2D eigenvalue weighted by Gasteiger charge is 2.28. The van der Waals surface area contributed by atoms with Crippen LogP contribution in [-0.4, -0.2) is 19.4 Å². The molecule has 0 amide bonds. The molecule has 1 aromatic carbocycles. The van der Waals surface area contributed by atoms with Gasteiger partial charge in [-0.05, 0) is 31.7 Å². The van der Waals surface area contributed by atoms with E-state index in [2.05, 4.69) is 19.1 Å². The van der Waals surface area contributed by atoms with Crippen LogP contribution in [-0.2, 0) is 13.6 Å². The summed E-state index contributed by atoms with van der Waals surface area (Å²) < 4.78 is 23.2. The summed E-state index contributed by atoms with van der Waals surface area (Å²) in [6.45, 7) is 6.62. The van der Waals surface area contributed by atoms with Crippen LogP contribution in [0.4, 0.5) is 0 Å². The molecular weight excluding hydrogens is 247 g/mol. The Morgan fingerprint density at radius 3 is 2.06 bits per heavy atom. The summed E-state index contributed by atoms with van der Waals surface area (Å²) in [6, 6.07) is 10.1. The minimum atomic E-state index is -2.96. The Kier molecular flexibility index (Phi) is 6.62. The summed E-state index contributed by atoms with van der Waals surface area (Å²) in [6.07, 6.45) is 1.38. The lowest BCUT2D eigenvalue weighted by atomic mass is 9.99. The molecule has 1 aromatic rings. The molecule has 0 aliphatic rings. The van der Waals surface area contributed by atoms with E-state index in [1.165, 1.54) is 5.56 Å². The predicted molar refractivity (Wildman–Crippen MR) is 75.2 cm³/mol. The van der Waals surface area contributed by atoms with Gasteiger partial charge in [0.25, 0.3) is 0 Å². The normalized spacial score (nSPS) is 13.5. The lowest BCUT2D eigenvalue weighted by Crippen LogP contribution is -2.08. The molecule has 0 fully saturated rings. The zero-order valence-electron chi connectivity index (χ0n) is 11.5. The lowest BCUT2D eigenvalue weighted by Gasteiger charge is -2.22. The first-order valence-electron chi connectivity index (χ1n) is 6.58. The van der Waals surface area contributed by atoms with Crippen molar-refractivity contribution in [2.24, 2.45) is 0 Å². The molecule has 0 bridgehead atoms. The molecule has 0 saturated heterocycles. The van der Waals surface area contributed by atoms with Crippen molar-refractivity contribution in [1.29, 1.82) is 0 Å². The molecule has 0 spiro atoms. The van der Waals surface area contributed by atoms with E-state index in [4.69, 9.17) is 9.05 Å². The summed E-state index contributed by atoms with van der Waals surface area (Å²) in [5, 5.41) is 0. The second-order valence-electron chi connectivity index (χ2n) is 4.14. The fourth-order valence-electron chi connectivity index (χ4n) is 2.00. The summed E-state index contributed by atoms with van der Waals surface area (Å²) in [4.78, 5) is 0. The molecule has 0 heterocycles. The lowest BCUT2D eigenvalue weighted by molar-refractivity contribution is 0.218. The van der Waals surface area contributed by atoms with Crippen LogP contribution in [0.5, 0.6) is 0 Å². The van der Waals surface area contributed by atoms with E-state index in [9.17, 15) is 4.57 Å². The van der Waals surface area contributed by atoms with Gasteiger partial charge in [-0.2, -0.15) is 0 Å². The summed E-state index contributed by atoms with van der Waals surface area (Å²) in [7, 11) is -2.96. The minimum Gasteiger partial charge on any atom is -0.309 e. The minimum absolute atomic E-state index is 0.218. The zero-order valence-corrected chi connectivity index (χ0v) is 12.4. The van der Waals surface area contributed by atoms with Gasteiger partial charge in [-0.1, -0.05) is 37.3 Å². The highest BCUT2D eigenvalue weighted by molar-refractivity contribution is 7.53. The van der Waals surface area contributed by atoms with E-state index in [0.29, 0.717) is 19.4 Å². The smallest absolute Gasteiger partial charge is 0.309 e. The topological polar surface area (TPSA) is 35.5 Å². The molecule has 0 aromatic heterocycles. The highest BCUT2D eigenvalue weighted by atomic mass is 31.2. The van der Waals surface area contributed by atoms with Gasteiger partial charge in [-0.3, -0.25) is 4.57 Å². The van der Waals surface area contributed by atoms with Crippen LogP contribution in [0, 0.1) is 0 Å². The van der Waals surface area contributed by atoms with E-state index in [0.717, 1.165) is 6.42 Å². The van der Waals surface area contributed by atoms with E-state index in [1.54, 1.807) is 0 Å². The Balaban J connectivity index is 2.80. The van der Waals surface area contributed by atoms with Crippen LogP contribution in [0.2, 0.25) is 0 Å². The third kappa shape index (κ3) is 4.56. The van der Waals surface area contributed by atoms with Crippen LogP contribution in [0.1, 0.15) is 38.7 Å². The molecule has 102 valence electrons. The first kappa shape index (κ1) is 15.4. The number of rotatable bonds is 8. The van der Waals surface area contributed by atoms with Crippen LogP contribution < -0.4 is 0 Å². The summed E-state index contributed by atoms with van der Waals surface area (Å²) in [5.41, 5.74) is 1.19. The number of benzene rings is 1. The fourth-order valence-corrected chi connectivity index (χ4v) is 4.08. The first-order valence-corrected chi connectivity index (χ1v) is 8.31. The molecule has 4 heteroatoms. The third-order valence-corrected chi connectivity index (χ3v) is 5.05. The van der Waals surface area contributed by atoms with Crippen LogP contribution in [0.25, 0.3) is 0 Å². The Morgan fingerprint density at radius 2 is 1.61 bits per heavy atom. The van der Waals surface area contributed by atoms with Crippen molar-refractivity contribution in [1.82, 2.24) is 0 Å². The predicted octanol–water partition coefficient (Wildman–Crippen LogP) is 4.45. The first-order chi connectivity index (χ1) is 8.65. The van der Waals surface area contributed by atoms with Gasteiger partial charge >= 0.3 is 7.60 Å². The molecule has 1 atom stereocenters. The second-order valence-corrected chi connectivity index (χ2v) is 6.25. The maximum atomic E-state index is 12.5. The van der Waals surface area contributed by atoms with Crippen molar-refractivity contribution in [3.05, 3.63) is 35.9 Å². The molecule has 0 unspecified atom stereocenters. The van der Waals surface area contributed by atoms with Gasteiger partial charge in [0.2, 0.25) is 0 Å². The number of hydrogen-bond acceptors (Lipinski definition) is 3. The van der Waals surface area contributed by atoms with Gasteiger partial charge in [-0.15, -0.1) is 0 Å². The Bertz CT molecular complexity index is 368. The van der Waals surface area contributed by atoms with Gasteiger partial charge in [0.1, 0.15) is 0 Å². The molecule has 0 radical (unpaired) electrons. The third-order valence-electron chi connectivity index (χ3n) is 2.86. The molecule has 0 saturated carbocycles. The number of hydrogen-bond donors (Lipinski definition) is 0. The van der Waals surface area contributed by atoms with E-state index in [-0.39, 0.29) is 5.92 Å². The molecule has 3 nitrogen and oxygen atoms in total. The fraction of sp³-hybridized carbons (Fsp3) is 0.571. The van der Waals surface area contributed by atoms with Crippen LogP contribution in [0.15, 0.2) is 30.3 Å². The van der Waals surface area contributed by atoms with Crippen molar-refractivity contribution in [3.63, 3.8) is 0 Å². The maximum absolute atomic E-state index is 12.5. The van der Waals surface area contributed by atoms with Crippen molar-refractivity contribution in [2.45, 2.75) is 33.1 Å². The monoisotopic (exact) mass is 270 g/mol.